The van der Waals surface area contributed by atoms with Crippen LogP contribution in [0.5, 0.6) is 5.75 Å². The van der Waals surface area contributed by atoms with Gasteiger partial charge in [-0.05, 0) is 57.5 Å². The molecule has 2 amide bonds. The number of unbranched alkanes of at least 4 members (excludes halogenated alkanes) is 3. The van der Waals surface area contributed by atoms with E-state index in [2.05, 4.69) is 17.6 Å². The van der Waals surface area contributed by atoms with Crippen molar-refractivity contribution >= 4 is 40.5 Å². The molecule has 0 saturated heterocycles. The Morgan fingerprint density at radius 1 is 1.09 bits per heavy atom. The van der Waals surface area contributed by atoms with E-state index in [-0.39, 0.29) is 36.2 Å². The number of aliphatic hydroxyl groups excluding tert-OH is 2. The number of rotatable bonds is 11. The van der Waals surface area contributed by atoms with Crippen LogP contribution in [0.1, 0.15) is 50.2 Å². The van der Waals surface area contributed by atoms with Crippen molar-refractivity contribution in [3.05, 3.63) is 34.1 Å². The summed E-state index contributed by atoms with van der Waals surface area (Å²) in [5.41, 5.74) is 2.54. The topological polar surface area (TPSA) is 206 Å². The average molecular weight is 614 g/mol. The molecule has 3 unspecified atom stereocenters. The van der Waals surface area contributed by atoms with Gasteiger partial charge < -0.3 is 41.7 Å². The van der Waals surface area contributed by atoms with E-state index in [1.165, 1.54) is 4.90 Å². The lowest BCUT2D eigenvalue weighted by molar-refractivity contribution is -0.153. The Hall–Kier alpha value is -3.94. The van der Waals surface area contributed by atoms with Crippen LogP contribution in [0.4, 0.5) is 11.4 Å². The van der Waals surface area contributed by atoms with Crippen LogP contribution in [0.15, 0.2) is 23.0 Å². The molecule has 13 nitrogen and oxygen atoms in total. The van der Waals surface area contributed by atoms with Crippen LogP contribution >= 0.6 is 0 Å². The number of carbonyl (C=O) groups is 4. The number of nitrogens with zero attached hydrogens (tertiary/aromatic N) is 2. The quantitative estimate of drug-likeness (QED) is 0.107. The van der Waals surface area contributed by atoms with E-state index in [0.717, 1.165) is 25.7 Å². The molecule has 44 heavy (non-hydrogen) atoms. The number of phenolic OH excluding ortho intramolecular Hbond substituents is 1. The summed E-state index contributed by atoms with van der Waals surface area (Å²) >= 11 is 0. The summed E-state index contributed by atoms with van der Waals surface area (Å²) in [6.07, 6.45) is 4.32. The Morgan fingerprint density at radius 3 is 2.36 bits per heavy atom. The molecule has 1 aromatic rings. The first-order valence-corrected chi connectivity index (χ1v) is 14.9. The predicted octanol–water partition coefficient (Wildman–Crippen LogP) is 1.14. The zero-order valence-electron chi connectivity index (χ0n) is 25.9. The molecule has 13 heteroatoms. The molecule has 1 aromatic carbocycles. The highest BCUT2D eigenvalue weighted by Gasteiger charge is 2.64. The number of amides is 2. The first-order valence-electron chi connectivity index (χ1n) is 14.9. The molecule has 240 valence electrons. The highest BCUT2D eigenvalue weighted by molar-refractivity contribution is 6.24. The van der Waals surface area contributed by atoms with Gasteiger partial charge in [0.05, 0.1) is 23.8 Å². The fourth-order valence-corrected chi connectivity index (χ4v) is 6.86. The van der Waals surface area contributed by atoms with E-state index >= 15 is 0 Å². The number of nitrogens with one attached hydrogen (secondary N) is 2. The van der Waals surface area contributed by atoms with Gasteiger partial charge in [0.15, 0.2) is 11.4 Å². The first-order chi connectivity index (χ1) is 20.7. The molecule has 4 rings (SSSR count). The summed E-state index contributed by atoms with van der Waals surface area (Å²) in [5, 5.41) is 51.5. The SMILES string of the molecule is CCCCCCNCC(=O)Nc1cc(N(C)C)c2c(c1O)C(O)=C1C(=O)C3(O)C(O)=C(C(N)=O)C(=O)[C@@H](N(C)C)C3CC1C2. The fraction of sp³-hybridized carbons (Fsp3) is 0.548. The maximum atomic E-state index is 14.1. The van der Waals surface area contributed by atoms with Gasteiger partial charge in [-0.3, -0.25) is 24.1 Å². The lowest BCUT2D eigenvalue weighted by Gasteiger charge is -2.50. The number of phenols is 1. The molecule has 0 bridgehead atoms. The lowest BCUT2D eigenvalue weighted by atomic mass is 9.57. The van der Waals surface area contributed by atoms with Crippen molar-refractivity contribution in [2.75, 3.05) is 51.5 Å². The van der Waals surface area contributed by atoms with Crippen LogP contribution in [0.25, 0.3) is 5.76 Å². The van der Waals surface area contributed by atoms with Crippen molar-refractivity contribution in [1.82, 2.24) is 10.2 Å². The van der Waals surface area contributed by atoms with E-state index < -0.39 is 69.7 Å². The number of hydrogen-bond acceptors (Lipinski definition) is 11. The van der Waals surface area contributed by atoms with Crippen molar-refractivity contribution in [2.24, 2.45) is 17.6 Å². The molecule has 3 aliphatic rings. The highest BCUT2D eigenvalue weighted by Crippen LogP contribution is 2.54. The molecule has 1 fully saturated rings. The third kappa shape index (κ3) is 5.44. The number of primary amides is 1. The van der Waals surface area contributed by atoms with Crippen molar-refractivity contribution in [2.45, 2.75) is 57.1 Å². The monoisotopic (exact) mass is 613 g/mol. The Bertz CT molecular complexity index is 1450. The van der Waals surface area contributed by atoms with E-state index in [0.29, 0.717) is 17.8 Å². The maximum Gasteiger partial charge on any atom is 0.255 e. The number of carbonyl (C=O) groups excluding carboxylic acids is 4. The number of Topliss-reactive ketones (excluding diaryl/α,β-unsaturated/α-hetero) is 2. The number of aromatic hydroxyl groups is 1. The second-order valence-electron chi connectivity index (χ2n) is 12.3. The number of nitrogens with two attached hydrogens (primary N) is 1. The number of fused-ring (bicyclic) bond motifs is 3. The maximum absolute atomic E-state index is 14.1. The summed E-state index contributed by atoms with van der Waals surface area (Å²) in [4.78, 5) is 55.5. The summed E-state index contributed by atoms with van der Waals surface area (Å²) in [6.45, 7) is 2.78. The molecule has 4 atom stereocenters. The molecule has 0 aliphatic heterocycles. The first kappa shape index (κ1) is 33.0. The van der Waals surface area contributed by atoms with Crippen molar-refractivity contribution in [1.29, 1.82) is 0 Å². The fourth-order valence-electron chi connectivity index (χ4n) is 6.86. The third-order valence-corrected chi connectivity index (χ3v) is 8.95. The number of ketones is 2. The Balaban J connectivity index is 1.77. The van der Waals surface area contributed by atoms with Gasteiger partial charge in [0.25, 0.3) is 5.91 Å². The Labute approximate surface area is 256 Å². The minimum Gasteiger partial charge on any atom is -0.508 e. The summed E-state index contributed by atoms with van der Waals surface area (Å²) in [5.74, 6) is -7.69. The third-order valence-electron chi connectivity index (χ3n) is 8.95. The summed E-state index contributed by atoms with van der Waals surface area (Å²) in [7, 11) is 6.61. The van der Waals surface area contributed by atoms with Crippen LogP contribution in [0.2, 0.25) is 0 Å². The van der Waals surface area contributed by atoms with Crippen molar-refractivity contribution in [3.63, 3.8) is 0 Å². The van der Waals surface area contributed by atoms with Gasteiger partial charge in [0, 0.05) is 31.3 Å². The van der Waals surface area contributed by atoms with Gasteiger partial charge >= 0.3 is 0 Å². The second kappa shape index (κ2) is 12.6. The zero-order chi connectivity index (χ0) is 32.7. The van der Waals surface area contributed by atoms with Crippen molar-refractivity contribution in [3.8, 4) is 5.75 Å². The second-order valence-corrected chi connectivity index (χ2v) is 12.3. The van der Waals surface area contributed by atoms with Gasteiger partial charge in [-0.1, -0.05) is 26.2 Å². The smallest absolute Gasteiger partial charge is 0.255 e. The predicted molar refractivity (Wildman–Crippen MR) is 164 cm³/mol. The Kier molecular flexibility index (Phi) is 9.43. The molecular weight excluding hydrogens is 570 g/mol. The van der Waals surface area contributed by atoms with Gasteiger partial charge in [-0.25, -0.2) is 0 Å². The largest absolute Gasteiger partial charge is 0.508 e. The van der Waals surface area contributed by atoms with Gasteiger partial charge in [-0.15, -0.1) is 0 Å². The number of benzene rings is 1. The minimum atomic E-state index is -2.72. The summed E-state index contributed by atoms with van der Waals surface area (Å²) < 4.78 is 0. The van der Waals surface area contributed by atoms with E-state index in [4.69, 9.17) is 5.73 Å². The van der Waals surface area contributed by atoms with Crippen LogP contribution < -0.4 is 21.3 Å². The summed E-state index contributed by atoms with van der Waals surface area (Å²) in [6, 6.07) is 0.430. The van der Waals surface area contributed by atoms with Crippen LogP contribution in [0.3, 0.4) is 0 Å². The molecule has 1 saturated carbocycles. The van der Waals surface area contributed by atoms with E-state index in [1.54, 1.807) is 39.2 Å². The molecule has 8 N–H and O–H groups in total. The average Bonchev–Trinajstić information content (AvgIpc) is 2.93. The number of likely N-dealkylation sites (N-methyl/N-ethyl adjacent to an activating group) is 1. The van der Waals surface area contributed by atoms with Crippen LogP contribution in [-0.4, -0.2) is 102 Å². The highest BCUT2D eigenvalue weighted by atomic mass is 16.3. The zero-order valence-corrected chi connectivity index (χ0v) is 25.9. The van der Waals surface area contributed by atoms with Crippen molar-refractivity contribution < 1.29 is 39.6 Å². The van der Waals surface area contributed by atoms with E-state index in [1.807, 2.05) is 0 Å². The van der Waals surface area contributed by atoms with Gasteiger partial charge in [0.2, 0.25) is 11.7 Å². The van der Waals surface area contributed by atoms with Gasteiger partial charge in [-0.2, -0.15) is 0 Å². The lowest BCUT2D eigenvalue weighted by Crippen LogP contribution is -2.65. The van der Waals surface area contributed by atoms with E-state index in [9.17, 15) is 39.6 Å². The molecule has 0 radical (unpaired) electrons. The molecule has 0 aromatic heterocycles. The molecule has 3 aliphatic carbocycles. The molecule has 0 heterocycles. The Morgan fingerprint density at radius 2 is 1.77 bits per heavy atom. The normalized spacial score (nSPS) is 24.7. The number of aliphatic hydroxyl groups is 3. The minimum absolute atomic E-state index is 0.00156. The van der Waals surface area contributed by atoms with Gasteiger partial charge in [0.1, 0.15) is 22.8 Å². The number of hydrogen-bond donors (Lipinski definition) is 7. The number of anilines is 2. The molecule has 0 spiro atoms. The van der Waals surface area contributed by atoms with Crippen LogP contribution in [0, 0.1) is 11.8 Å². The standard InChI is InChI=1S/C31H43N5O8/c1-6-7-8-9-10-33-14-20(37)34-18-13-19(35(2)3)16-11-15-12-17-24(36(4)5)27(40)23(30(32)43)29(42)31(17,44)28(41)21(15)26(39)22(16)25(18)38/h13,15,17,24,33,38-39,42,44H,6-12,14H2,1-5H3,(H2,32,43)(H,34,37)/t15?,17?,24-,31?/m0/s1. The molecular formula is C31H43N5O8. The van der Waals surface area contributed by atoms with Crippen LogP contribution in [-0.2, 0) is 25.6 Å².